The standard InChI is InChI=1S/C21H18BrN3O3/c22-15-8-9-19-24-16(10-20(26)25(19)12-15)13-28-21(27)7-3-4-14-11-23-18-6-2-1-5-17(14)18/h1-2,5-6,8-12,23H,3-4,7,13H2. The van der Waals surface area contributed by atoms with Crippen molar-refractivity contribution in [1.82, 2.24) is 14.4 Å². The van der Waals surface area contributed by atoms with Gasteiger partial charge in [0.05, 0.1) is 5.69 Å². The van der Waals surface area contributed by atoms with E-state index in [9.17, 15) is 9.59 Å². The number of hydrogen-bond donors (Lipinski definition) is 1. The number of nitrogens with one attached hydrogen (secondary N) is 1. The lowest BCUT2D eigenvalue weighted by atomic mass is 10.1. The lowest BCUT2D eigenvalue weighted by Gasteiger charge is -2.06. The number of nitrogens with zero attached hydrogens (tertiary/aromatic N) is 2. The van der Waals surface area contributed by atoms with Crippen LogP contribution >= 0.6 is 15.9 Å². The van der Waals surface area contributed by atoms with Crippen LogP contribution in [-0.2, 0) is 22.6 Å². The van der Waals surface area contributed by atoms with E-state index in [-0.39, 0.29) is 18.1 Å². The van der Waals surface area contributed by atoms with Crippen LogP contribution in [-0.4, -0.2) is 20.3 Å². The van der Waals surface area contributed by atoms with Crippen molar-refractivity contribution in [1.29, 1.82) is 0 Å². The minimum Gasteiger partial charge on any atom is -0.459 e. The largest absolute Gasteiger partial charge is 0.459 e. The van der Waals surface area contributed by atoms with Crippen LogP contribution in [0.5, 0.6) is 0 Å². The number of carbonyl (C=O) groups is 1. The van der Waals surface area contributed by atoms with Crippen molar-refractivity contribution in [2.75, 3.05) is 0 Å². The summed E-state index contributed by atoms with van der Waals surface area (Å²) < 4.78 is 7.53. The third-order valence-electron chi connectivity index (χ3n) is 4.56. The average Bonchev–Trinajstić information content (AvgIpc) is 3.10. The number of rotatable bonds is 6. The average molecular weight is 440 g/mol. The molecule has 0 bridgehead atoms. The van der Waals surface area contributed by atoms with Crippen LogP contribution in [0.15, 0.2) is 64.1 Å². The van der Waals surface area contributed by atoms with E-state index in [0.29, 0.717) is 24.2 Å². The zero-order valence-corrected chi connectivity index (χ0v) is 16.6. The normalized spacial score (nSPS) is 11.2. The molecule has 4 rings (SSSR count). The Morgan fingerprint density at radius 3 is 2.96 bits per heavy atom. The molecule has 142 valence electrons. The number of hydrogen-bond acceptors (Lipinski definition) is 4. The Morgan fingerprint density at radius 2 is 2.07 bits per heavy atom. The molecule has 0 saturated heterocycles. The van der Waals surface area contributed by atoms with Gasteiger partial charge in [-0.15, -0.1) is 0 Å². The van der Waals surface area contributed by atoms with Crippen LogP contribution in [0.1, 0.15) is 24.1 Å². The Kier molecular flexibility index (Phi) is 5.25. The highest BCUT2D eigenvalue weighted by Crippen LogP contribution is 2.19. The summed E-state index contributed by atoms with van der Waals surface area (Å²) in [5, 5.41) is 1.18. The van der Waals surface area contributed by atoms with Gasteiger partial charge >= 0.3 is 5.97 Å². The molecule has 0 aliphatic heterocycles. The maximum absolute atomic E-state index is 12.2. The molecule has 7 heteroatoms. The minimum atomic E-state index is -0.294. The molecular formula is C21H18BrN3O3. The third-order valence-corrected chi connectivity index (χ3v) is 5.03. The second-order valence-electron chi connectivity index (χ2n) is 6.53. The number of halogens is 1. The summed E-state index contributed by atoms with van der Waals surface area (Å²) in [4.78, 5) is 31.8. The van der Waals surface area contributed by atoms with Gasteiger partial charge in [0.25, 0.3) is 5.56 Å². The highest BCUT2D eigenvalue weighted by Gasteiger charge is 2.09. The van der Waals surface area contributed by atoms with Crippen molar-refractivity contribution in [3.05, 3.63) is 80.9 Å². The summed E-state index contributed by atoms with van der Waals surface area (Å²) in [6, 6.07) is 13.0. The van der Waals surface area contributed by atoms with Gasteiger partial charge in [-0.2, -0.15) is 0 Å². The maximum Gasteiger partial charge on any atom is 0.306 e. The molecule has 0 radical (unpaired) electrons. The van der Waals surface area contributed by atoms with E-state index in [4.69, 9.17) is 4.74 Å². The number of para-hydroxylation sites is 1. The Balaban J connectivity index is 1.32. The molecule has 0 unspecified atom stereocenters. The number of carbonyl (C=O) groups excluding carboxylic acids is 1. The number of aryl methyl sites for hydroxylation is 1. The van der Waals surface area contributed by atoms with Crippen molar-refractivity contribution < 1.29 is 9.53 Å². The summed E-state index contributed by atoms with van der Waals surface area (Å²) in [6.07, 6.45) is 5.46. The smallest absolute Gasteiger partial charge is 0.306 e. The van der Waals surface area contributed by atoms with E-state index in [0.717, 1.165) is 16.4 Å². The zero-order valence-electron chi connectivity index (χ0n) is 15.0. The predicted octanol–water partition coefficient (Wildman–Crippen LogP) is 4.00. The zero-order chi connectivity index (χ0) is 19.5. The molecular weight excluding hydrogens is 422 g/mol. The van der Waals surface area contributed by atoms with Gasteiger partial charge in [-0.25, -0.2) is 4.98 Å². The van der Waals surface area contributed by atoms with Gasteiger partial charge in [0.15, 0.2) is 0 Å². The molecule has 0 saturated carbocycles. The van der Waals surface area contributed by atoms with Gasteiger partial charge in [0.2, 0.25) is 0 Å². The fourth-order valence-electron chi connectivity index (χ4n) is 3.19. The predicted molar refractivity (Wildman–Crippen MR) is 110 cm³/mol. The van der Waals surface area contributed by atoms with Crippen LogP contribution in [0.2, 0.25) is 0 Å². The molecule has 1 aromatic carbocycles. The Morgan fingerprint density at radius 1 is 1.21 bits per heavy atom. The van der Waals surface area contributed by atoms with Gasteiger partial charge in [-0.05, 0) is 52.5 Å². The second kappa shape index (κ2) is 7.98. The fourth-order valence-corrected chi connectivity index (χ4v) is 3.53. The third kappa shape index (κ3) is 3.99. The van der Waals surface area contributed by atoms with E-state index < -0.39 is 0 Å². The molecule has 4 aromatic rings. The number of esters is 1. The lowest BCUT2D eigenvalue weighted by molar-refractivity contribution is -0.145. The van der Waals surface area contributed by atoms with E-state index in [1.54, 1.807) is 12.3 Å². The minimum absolute atomic E-state index is 0.00623. The van der Waals surface area contributed by atoms with E-state index in [1.165, 1.54) is 21.4 Å². The molecule has 0 aliphatic rings. The van der Waals surface area contributed by atoms with Crippen LogP contribution < -0.4 is 5.56 Å². The van der Waals surface area contributed by atoms with Crippen molar-refractivity contribution in [2.45, 2.75) is 25.9 Å². The molecule has 0 amide bonds. The van der Waals surface area contributed by atoms with Gasteiger partial charge in [-0.3, -0.25) is 14.0 Å². The Hall–Kier alpha value is -2.93. The Bertz CT molecular complexity index is 1210. The first-order valence-electron chi connectivity index (χ1n) is 8.98. The van der Waals surface area contributed by atoms with Crippen LogP contribution in [0, 0.1) is 0 Å². The first-order valence-corrected chi connectivity index (χ1v) is 9.78. The van der Waals surface area contributed by atoms with Crippen molar-refractivity contribution >= 4 is 38.4 Å². The summed E-state index contributed by atoms with van der Waals surface area (Å²) in [5.74, 6) is -0.294. The van der Waals surface area contributed by atoms with Crippen LogP contribution in [0.3, 0.4) is 0 Å². The van der Waals surface area contributed by atoms with Crippen LogP contribution in [0.25, 0.3) is 16.6 Å². The van der Waals surface area contributed by atoms with Gasteiger partial charge in [-0.1, -0.05) is 18.2 Å². The van der Waals surface area contributed by atoms with Gasteiger partial charge < -0.3 is 9.72 Å². The number of pyridine rings is 1. The molecule has 0 aliphatic carbocycles. The first-order chi connectivity index (χ1) is 13.6. The SMILES string of the molecule is O=C(CCCc1c[nH]c2ccccc12)OCc1cc(=O)n2cc(Br)ccc2n1. The highest BCUT2D eigenvalue weighted by molar-refractivity contribution is 9.10. The van der Waals surface area contributed by atoms with Crippen molar-refractivity contribution in [3.8, 4) is 0 Å². The fraction of sp³-hybridized carbons (Fsp3) is 0.190. The van der Waals surface area contributed by atoms with Gasteiger partial charge in [0, 0.05) is 40.3 Å². The maximum atomic E-state index is 12.2. The monoisotopic (exact) mass is 439 g/mol. The summed E-state index contributed by atoms with van der Waals surface area (Å²) >= 11 is 3.33. The summed E-state index contributed by atoms with van der Waals surface area (Å²) in [5.41, 5.74) is 3.04. The molecule has 3 aromatic heterocycles. The van der Waals surface area contributed by atoms with Gasteiger partial charge in [0.1, 0.15) is 12.3 Å². The number of H-pyrrole nitrogens is 1. The van der Waals surface area contributed by atoms with E-state index in [2.05, 4.69) is 32.0 Å². The Labute approximate surface area is 169 Å². The van der Waals surface area contributed by atoms with Crippen LogP contribution in [0.4, 0.5) is 0 Å². The molecule has 3 heterocycles. The number of aromatic nitrogens is 3. The van der Waals surface area contributed by atoms with Crippen molar-refractivity contribution in [2.24, 2.45) is 0 Å². The molecule has 6 nitrogen and oxygen atoms in total. The molecule has 28 heavy (non-hydrogen) atoms. The summed E-state index contributed by atoms with van der Waals surface area (Å²) in [7, 11) is 0. The number of aromatic amines is 1. The quantitative estimate of drug-likeness (QED) is 0.460. The number of fused-ring (bicyclic) bond motifs is 2. The molecule has 1 N–H and O–H groups in total. The number of benzene rings is 1. The lowest BCUT2D eigenvalue weighted by Crippen LogP contribution is -2.16. The molecule has 0 spiro atoms. The van der Waals surface area contributed by atoms with E-state index >= 15 is 0 Å². The topological polar surface area (TPSA) is 76.5 Å². The first kappa shape index (κ1) is 18.4. The molecule has 0 atom stereocenters. The van der Waals surface area contributed by atoms with Crippen molar-refractivity contribution in [3.63, 3.8) is 0 Å². The summed E-state index contributed by atoms with van der Waals surface area (Å²) in [6.45, 7) is -0.00623. The van der Waals surface area contributed by atoms with E-state index in [1.807, 2.05) is 30.5 Å². The number of ether oxygens (including phenoxy) is 1. The second-order valence-corrected chi connectivity index (χ2v) is 7.45. The molecule has 0 fully saturated rings. The highest BCUT2D eigenvalue weighted by atomic mass is 79.9.